The predicted molar refractivity (Wildman–Crippen MR) is 100 cm³/mol. The van der Waals surface area contributed by atoms with Crippen molar-refractivity contribution < 1.29 is 4.39 Å². The molecule has 2 aromatic carbocycles. The Morgan fingerprint density at radius 2 is 1.72 bits per heavy atom. The van der Waals surface area contributed by atoms with Gasteiger partial charge in [-0.3, -0.25) is 0 Å². The lowest BCUT2D eigenvalue weighted by atomic mass is 9.96. The first-order chi connectivity index (χ1) is 12.1. The van der Waals surface area contributed by atoms with Crippen LogP contribution in [0.2, 0.25) is 0 Å². The molecule has 1 saturated carbocycles. The van der Waals surface area contributed by atoms with Crippen LogP contribution in [-0.2, 0) is 6.42 Å². The summed E-state index contributed by atoms with van der Waals surface area (Å²) in [7, 11) is 0. The Hall–Kier alpha value is -2.29. The molecule has 1 aromatic heterocycles. The predicted octanol–water partition coefficient (Wildman–Crippen LogP) is 5.79. The molecule has 0 unspecified atom stereocenters. The molecule has 0 spiro atoms. The molecular weight excluding hydrogens is 311 g/mol. The highest BCUT2D eigenvalue weighted by atomic mass is 19.1. The fraction of sp³-hybridized carbons (Fsp3) is 0.364. The lowest BCUT2D eigenvalue weighted by Crippen LogP contribution is -1.99. The van der Waals surface area contributed by atoms with Crippen LogP contribution < -0.4 is 0 Å². The van der Waals surface area contributed by atoms with E-state index in [1.54, 1.807) is 20.2 Å². The summed E-state index contributed by atoms with van der Waals surface area (Å²) in [5.74, 6) is 0.683. The molecule has 3 heteroatoms. The second-order valence-electron chi connectivity index (χ2n) is 7.35. The van der Waals surface area contributed by atoms with Crippen molar-refractivity contribution in [1.82, 2.24) is 9.97 Å². The van der Waals surface area contributed by atoms with Gasteiger partial charge in [0.1, 0.15) is 12.1 Å². The summed E-state index contributed by atoms with van der Waals surface area (Å²) in [6, 6.07) is 10.3. The molecule has 0 radical (unpaired) electrons. The van der Waals surface area contributed by atoms with Gasteiger partial charge in [0.2, 0.25) is 0 Å². The minimum Gasteiger partial charge on any atom is -0.236 e. The molecule has 25 heavy (non-hydrogen) atoms. The maximum Gasteiger partial charge on any atom is 0.129 e. The van der Waals surface area contributed by atoms with Gasteiger partial charge >= 0.3 is 0 Å². The first-order valence-electron chi connectivity index (χ1n) is 9.12. The van der Waals surface area contributed by atoms with Crippen molar-refractivity contribution in [3.05, 3.63) is 59.2 Å². The Morgan fingerprint density at radius 3 is 2.44 bits per heavy atom. The number of hydrogen-bond donors (Lipinski definition) is 0. The van der Waals surface area contributed by atoms with Crippen LogP contribution in [0.3, 0.4) is 0 Å². The molecule has 1 heterocycles. The van der Waals surface area contributed by atoms with E-state index in [0.29, 0.717) is 11.1 Å². The van der Waals surface area contributed by atoms with Crippen LogP contribution >= 0.6 is 0 Å². The highest BCUT2D eigenvalue weighted by molar-refractivity contribution is 5.92. The molecule has 0 atom stereocenters. The van der Waals surface area contributed by atoms with Gasteiger partial charge in [0.25, 0.3) is 0 Å². The number of fused-ring (bicyclic) bond motifs is 1. The van der Waals surface area contributed by atoms with E-state index < -0.39 is 0 Å². The lowest BCUT2D eigenvalue weighted by molar-refractivity contribution is 0.547. The van der Waals surface area contributed by atoms with Gasteiger partial charge in [0.15, 0.2) is 0 Å². The second-order valence-corrected chi connectivity index (χ2v) is 7.35. The summed E-state index contributed by atoms with van der Waals surface area (Å²) in [5.41, 5.74) is 5.46. The first kappa shape index (κ1) is 16.2. The van der Waals surface area contributed by atoms with E-state index in [4.69, 9.17) is 0 Å². The van der Waals surface area contributed by atoms with E-state index in [1.807, 2.05) is 12.1 Å². The van der Waals surface area contributed by atoms with Crippen molar-refractivity contribution in [2.24, 2.45) is 5.92 Å². The van der Waals surface area contributed by atoms with Crippen molar-refractivity contribution >= 4 is 10.9 Å². The number of aromatic nitrogens is 2. The molecule has 0 N–H and O–H groups in total. The monoisotopic (exact) mass is 334 g/mol. The summed E-state index contributed by atoms with van der Waals surface area (Å²) in [6.45, 7) is 3.60. The first-order valence-corrected chi connectivity index (χ1v) is 9.12. The average molecular weight is 334 g/mol. The van der Waals surface area contributed by atoms with Crippen molar-refractivity contribution in [3.63, 3.8) is 0 Å². The molecule has 128 valence electrons. The summed E-state index contributed by atoms with van der Waals surface area (Å²) in [5, 5.41) is 1.03. The highest BCUT2D eigenvalue weighted by Crippen LogP contribution is 2.31. The van der Waals surface area contributed by atoms with Crippen LogP contribution in [0.25, 0.3) is 22.2 Å². The standard InChI is InChI=1S/C22H23FN2/c1-14-9-18(10-15(2)21(14)23)22-19-8-7-17(11-16-5-3-4-6-16)12-20(19)24-13-25-22/h7-10,12-13,16H,3-6,11H2,1-2H3. The number of nitrogens with zero attached hydrogens (tertiary/aromatic N) is 2. The zero-order chi connectivity index (χ0) is 17.4. The minimum atomic E-state index is -0.138. The van der Waals surface area contributed by atoms with E-state index in [-0.39, 0.29) is 5.82 Å². The van der Waals surface area contributed by atoms with E-state index >= 15 is 0 Å². The Labute approximate surface area is 148 Å². The number of halogens is 1. The van der Waals surface area contributed by atoms with Gasteiger partial charge in [-0.15, -0.1) is 0 Å². The summed E-state index contributed by atoms with van der Waals surface area (Å²) < 4.78 is 14.0. The SMILES string of the molecule is Cc1cc(-c2ncnc3cc(CC4CCCC4)ccc23)cc(C)c1F. The minimum absolute atomic E-state index is 0.138. The molecule has 2 nitrogen and oxygen atoms in total. The molecule has 1 fully saturated rings. The summed E-state index contributed by atoms with van der Waals surface area (Å²) >= 11 is 0. The number of aryl methyl sites for hydroxylation is 2. The molecule has 1 aliphatic carbocycles. The van der Waals surface area contributed by atoms with Gasteiger partial charge in [-0.05, 0) is 61.1 Å². The zero-order valence-electron chi connectivity index (χ0n) is 14.8. The van der Waals surface area contributed by atoms with Gasteiger partial charge in [-0.1, -0.05) is 37.8 Å². The van der Waals surface area contributed by atoms with E-state index in [2.05, 4.69) is 28.2 Å². The Balaban J connectivity index is 1.75. The smallest absolute Gasteiger partial charge is 0.129 e. The van der Waals surface area contributed by atoms with Gasteiger partial charge in [-0.25, -0.2) is 14.4 Å². The third-order valence-electron chi connectivity index (χ3n) is 5.41. The fourth-order valence-electron chi connectivity index (χ4n) is 4.09. The molecule has 3 aromatic rings. The Bertz CT molecular complexity index is 903. The molecule has 4 rings (SSSR count). The quantitative estimate of drug-likeness (QED) is 0.606. The van der Waals surface area contributed by atoms with E-state index in [9.17, 15) is 4.39 Å². The van der Waals surface area contributed by atoms with Crippen LogP contribution in [0.15, 0.2) is 36.7 Å². The van der Waals surface area contributed by atoms with E-state index in [1.165, 1.54) is 31.2 Å². The zero-order valence-corrected chi connectivity index (χ0v) is 14.8. The van der Waals surface area contributed by atoms with Gasteiger partial charge < -0.3 is 0 Å². The topological polar surface area (TPSA) is 25.8 Å². The van der Waals surface area contributed by atoms with Crippen molar-refractivity contribution in [2.45, 2.75) is 46.0 Å². The molecule has 0 bridgehead atoms. The highest BCUT2D eigenvalue weighted by Gasteiger charge is 2.16. The largest absolute Gasteiger partial charge is 0.236 e. The third kappa shape index (κ3) is 3.15. The average Bonchev–Trinajstić information content (AvgIpc) is 3.11. The third-order valence-corrected chi connectivity index (χ3v) is 5.41. The van der Waals surface area contributed by atoms with Gasteiger partial charge in [0, 0.05) is 10.9 Å². The number of rotatable bonds is 3. The van der Waals surface area contributed by atoms with Crippen molar-refractivity contribution in [1.29, 1.82) is 0 Å². The lowest BCUT2D eigenvalue weighted by Gasteiger charge is -2.12. The van der Waals surface area contributed by atoms with Crippen LogP contribution in [0.4, 0.5) is 4.39 Å². The molecular formula is C22H23FN2. The van der Waals surface area contributed by atoms with Crippen LogP contribution in [0.1, 0.15) is 42.4 Å². The molecule has 0 aliphatic heterocycles. The Morgan fingerprint density at radius 1 is 1.00 bits per heavy atom. The summed E-state index contributed by atoms with van der Waals surface area (Å²) in [6.07, 6.45) is 8.19. The van der Waals surface area contributed by atoms with Gasteiger partial charge in [-0.2, -0.15) is 0 Å². The van der Waals surface area contributed by atoms with Crippen LogP contribution in [-0.4, -0.2) is 9.97 Å². The fourth-order valence-corrected chi connectivity index (χ4v) is 4.09. The number of benzene rings is 2. The maximum atomic E-state index is 14.0. The molecule has 0 amide bonds. The van der Waals surface area contributed by atoms with Crippen LogP contribution in [0.5, 0.6) is 0 Å². The second kappa shape index (κ2) is 6.55. The molecule has 1 aliphatic rings. The van der Waals surface area contributed by atoms with Crippen molar-refractivity contribution in [3.8, 4) is 11.3 Å². The van der Waals surface area contributed by atoms with Crippen molar-refractivity contribution in [2.75, 3.05) is 0 Å². The molecule has 0 saturated heterocycles. The normalized spacial score (nSPS) is 15.2. The summed E-state index contributed by atoms with van der Waals surface area (Å²) in [4.78, 5) is 8.97. The van der Waals surface area contributed by atoms with Gasteiger partial charge in [0.05, 0.1) is 11.2 Å². The number of hydrogen-bond acceptors (Lipinski definition) is 2. The van der Waals surface area contributed by atoms with Crippen LogP contribution in [0, 0.1) is 25.6 Å². The maximum absolute atomic E-state index is 14.0. The Kier molecular flexibility index (Phi) is 4.24. The van der Waals surface area contributed by atoms with E-state index in [0.717, 1.165) is 34.5 Å².